The maximum absolute atomic E-state index is 12.8. The minimum atomic E-state index is -4.67. The highest BCUT2D eigenvalue weighted by Crippen LogP contribution is 2.52. The molecule has 0 bridgehead atoms. The summed E-state index contributed by atoms with van der Waals surface area (Å²) in [7, 11) is 0. The van der Waals surface area contributed by atoms with Gasteiger partial charge >= 0.3 is 6.18 Å². The molecule has 0 amide bonds. The maximum Gasteiger partial charge on any atom is 0.416 e. The van der Waals surface area contributed by atoms with Crippen LogP contribution in [0.4, 0.5) is 22.0 Å². The molecule has 0 spiro atoms. The molecule has 2 N–H and O–H groups in total. The normalized spacial score (nSPS) is 21.5. The zero-order chi connectivity index (χ0) is 13.8. The quantitative estimate of drug-likeness (QED) is 0.777. The van der Waals surface area contributed by atoms with Gasteiger partial charge < -0.3 is 5.73 Å². The number of alkyl halides is 5. The van der Waals surface area contributed by atoms with E-state index in [2.05, 4.69) is 0 Å². The zero-order valence-corrected chi connectivity index (χ0v) is 9.75. The highest BCUT2D eigenvalue weighted by atomic mass is 35.5. The standard InChI is InChI=1S/C11H9ClF5N/c12-6-1-2-7(8(3-6)11(15,16)17)9(18)4-10(13,14)5-9/h1-3H,4-5,18H2. The lowest BCUT2D eigenvalue weighted by atomic mass is 9.68. The minimum absolute atomic E-state index is 0.110. The molecule has 18 heavy (non-hydrogen) atoms. The smallest absolute Gasteiger partial charge is 0.321 e. The van der Waals surface area contributed by atoms with Crippen LogP contribution in [0.5, 0.6) is 0 Å². The van der Waals surface area contributed by atoms with Gasteiger partial charge in [-0.1, -0.05) is 17.7 Å². The summed E-state index contributed by atoms with van der Waals surface area (Å²) in [5, 5.41) is -0.110. The van der Waals surface area contributed by atoms with E-state index in [1.807, 2.05) is 0 Å². The first-order chi connectivity index (χ1) is 8.04. The first-order valence-corrected chi connectivity index (χ1v) is 5.45. The zero-order valence-electron chi connectivity index (χ0n) is 8.99. The fraction of sp³-hybridized carbons (Fsp3) is 0.455. The van der Waals surface area contributed by atoms with Crippen molar-refractivity contribution in [2.45, 2.75) is 30.5 Å². The Labute approximate surface area is 105 Å². The second kappa shape index (κ2) is 3.81. The van der Waals surface area contributed by atoms with Crippen LogP contribution in [0.25, 0.3) is 0 Å². The van der Waals surface area contributed by atoms with E-state index in [1.54, 1.807) is 0 Å². The highest BCUT2D eigenvalue weighted by Gasteiger charge is 2.57. The van der Waals surface area contributed by atoms with Crippen LogP contribution in [0.15, 0.2) is 18.2 Å². The molecule has 0 heterocycles. The van der Waals surface area contributed by atoms with E-state index in [1.165, 1.54) is 6.07 Å². The molecule has 0 saturated heterocycles. The van der Waals surface area contributed by atoms with Crippen LogP contribution in [-0.2, 0) is 11.7 Å². The average molecular weight is 286 g/mol. The Kier molecular flexibility index (Phi) is 2.86. The SMILES string of the molecule is NC1(c2ccc(Cl)cc2C(F)(F)F)CC(F)(F)C1. The Hall–Kier alpha value is -0.880. The third-order valence-electron chi connectivity index (χ3n) is 2.97. The largest absolute Gasteiger partial charge is 0.416 e. The number of halogens is 6. The van der Waals surface area contributed by atoms with E-state index in [-0.39, 0.29) is 10.6 Å². The molecule has 1 aliphatic carbocycles. The van der Waals surface area contributed by atoms with E-state index in [4.69, 9.17) is 17.3 Å². The van der Waals surface area contributed by atoms with Gasteiger partial charge in [0.1, 0.15) is 0 Å². The van der Waals surface area contributed by atoms with Gasteiger partial charge in [-0.15, -0.1) is 0 Å². The monoisotopic (exact) mass is 285 g/mol. The van der Waals surface area contributed by atoms with Crippen molar-refractivity contribution in [3.05, 3.63) is 34.3 Å². The van der Waals surface area contributed by atoms with Crippen molar-refractivity contribution >= 4 is 11.6 Å². The highest BCUT2D eigenvalue weighted by molar-refractivity contribution is 6.30. The average Bonchev–Trinajstić information content (AvgIpc) is 2.12. The van der Waals surface area contributed by atoms with Crippen LogP contribution >= 0.6 is 11.6 Å². The van der Waals surface area contributed by atoms with Gasteiger partial charge in [-0.05, 0) is 17.7 Å². The molecule has 1 aromatic carbocycles. The van der Waals surface area contributed by atoms with Gasteiger partial charge in [0.2, 0.25) is 0 Å². The van der Waals surface area contributed by atoms with E-state index in [9.17, 15) is 22.0 Å². The molecule has 0 radical (unpaired) electrons. The summed E-state index contributed by atoms with van der Waals surface area (Å²) in [4.78, 5) is 0. The number of nitrogens with two attached hydrogens (primary N) is 1. The topological polar surface area (TPSA) is 26.0 Å². The Balaban J connectivity index is 2.46. The lowest BCUT2D eigenvalue weighted by Gasteiger charge is -2.45. The third kappa shape index (κ3) is 2.31. The Morgan fingerprint density at radius 1 is 1.17 bits per heavy atom. The Morgan fingerprint density at radius 3 is 2.17 bits per heavy atom. The lowest BCUT2D eigenvalue weighted by Crippen LogP contribution is -2.56. The predicted octanol–water partition coefficient (Wildman–Crippen LogP) is 3.94. The minimum Gasteiger partial charge on any atom is -0.321 e. The van der Waals surface area contributed by atoms with Gasteiger partial charge in [0.05, 0.1) is 11.1 Å². The fourth-order valence-electron chi connectivity index (χ4n) is 2.25. The van der Waals surface area contributed by atoms with Gasteiger partial charge in [0.15, 0.2) is 0 Å². The van der Waals surface area contributed by atoms with Crippen molar-refractivity contribution in [3.8, 4) is 0 Å². The van der Waals surface area contributed by atoms with Crippen LogP contribution in [0, 0.1) is 0 Å². The Bertz CT molecular complexity index is 475. The van der Waals surface area contributed by atoms with E-state index >= 15 is 0 Å². The number of rotatable bonds is 1. The summed E-state index contributed by atoms with van der Waals surface area (Å²) in [6, 6.07) is 3.00. The van der Waals surface area contributed by atoms with Crippen molar-refractivity contribution in [1.82, 2.24) is 0 Å². The summed E-state index contributed by atoms with van der Waals surface area (Å²) < 4.78 is 64.1. The maximum atomic E-state index is 12.8. The van der Waals surface area contributed by atoms with Gasteiger partial charge in [-0.2, -0.15) is 13.2 Å². The predicted molar refractivity (Wildman–Crippen MR) is 56.5 cm³/mol. The summed E-state index contributed by atoms with van der Waals surface area (Å²) in [5.74, 6) is -3.00. The van der Waals surface area contributed by atoms with Crippen LogP contribution in [0.2, 0.25) is 5.02 Å². The summed E-state index contributed by atoms with van der Waals surface area (Å²) >= 11 is 5.50. The van der Waals surface area contributed by atoms with Gasteiger partial charge in [-0.25, -0.2) is 8.78 Å². The molecule has 100 valence electrons. The molecule has 1 nitrogen and oxygen atoms in total. The van der Waals surface area contributed by atoms with Crippen molar-refractivity contribution in [2.24, 2.45) is 5.73 Å². The number of hydrogen-bond acceptors (Lipinski definition) is 1. The van der Waals surface area contributed by atoms with Crippen molar-refractivity contribution in [3.63, 3.8) is 0 Å². The van der Waals surface area contributed by atoms with Crippen molar-refractivity contribution in [2.75, 3.05) is 0 Å². The van der Waals surface area contributed by atoms with Gasteiger partial charge in [0, 0.05) is 17.9 Å². The summed E-state index contributed by atoms with van der Waals surface area (Å²) in [6.45, 7) is 0. The van der Waals surface area contributed by atoms with Crippen LogP contribution < -0.4 is 5.73 Å². The first kappa shape index (κ1) is 13.5. The molecule has 0 aliphatic heterocycles. The second-order valence-electron chi connectivity index (χ2n) is 4.55. The lowest BCUT2D eigenvalue weighted by molar-refractivity contribution is -0.147. The molecule has 1 aromatic rings. The van der Waals surface area contributed by atoms with E-state index in [0.717, 1.165) is 6.07 Å². The number of hydrogen-bond donors (Lipinski definition) is 1. The molecule has 2 rings (SSSR count). The molecule has 1 fully saturated rings. The van der Waals surface area contributed by atoms with E-state index < -0.39 is 36.0 Å². The second-order valence-corrected chi connectivity index (χ2v) is 4.99. The van der Waals surface area contributed by atoms with Crippen molar-refractivity contribution in [1.29, 1.82) is 0 Å². The molecule has 0 unspecified atom stereocenters. The van der Waals surface area contributed by atoms with E-state index in [0.29, 0.717) is 6.07 Å². The third-order valence-corrected chi connectivity index (χ3v) is 3.21. The molecule has 1 saturated carbocycles. The molecule has 1 aliphatic rings. The summed E-state index contributed by atoms with van der Waals surface area (Å²) in [6.07, 6.45) is -6.24. The van der Waals surface area contributed by atoms with Crippen LogP contribution in [0.1, 0.15) is 24.0 Å². The molecular formula is C11H9ClF5N. The Morgan fingerprint density at radius 2 is 1.72 bits per heavy atom. The molecule has 0 atom stereocenters. The summed E-state index contributed by atoms with van der Waals surface area (Å²) in [5.41, 5.74) is 2.61. The van der Waals surface area contributed by atoms with Crippen molar-refractivity contribution < 1.29 is 22.0 Å². The molecular weight excluding hydrogens is 277 g/mol. The first-order valence-electron chi connectivity index (χ1n) is 5.07. The fourth-order valence-corrected chi connectivity index (χ4v) is 2.42. The van der Waals surface area contributed by atoms with Gasteiger partial charge in [-0.3, -0.25) is 0 Å². The van der Waals surface area contributed by atoms with Gasteiger partial charge in [0.25, 0.3) is 5.92 Å². The molecule has 0 aromatic heterocycles. The van der Waals surface area contributed by atoms with Crippen LogP contribution in [0.3, 0.4) is 0 Å². The van der Waals surface area contributed by atoms with Crippen LogP contribution in [-0.4, -0.2) is 5.92 Å². The number of benzene rings is 1. The molecule has 7 heteroatoms.